The summed E-state index contributed by atoms with van der Waals surface area (Å²) in [6, 6.07) is 9.39. The van der Waals surface area contributed by atoms with E-state index in [1.807, 2.05) is 36.5 Å². The molecule has 0 spiro atoms. The molecule has 2 amide bonds. The number of hydrogen-bond donors (Lipinski definition) is 2. The van der Waals surface area contributed by atoms with E-state index >= 15 is 0 Å². The number of rotatable bonds is 2. The van der Waals surface area contributed by atoms with Gasteiger partial charge in [-0.25, -0.2) is 4.79 Å². The van der Waals surface area contributed by atoms with Gasteiger partial charge in [-0.15, -0.1) is 0 Å². The second-order valence-electron chi connectivity index (χ2n) is 3.56. The van der Waals surface area contributed by atoms with Crippen LogP contribution in [0.4, 0.5) is 10.5 Å². The Bertz CT molecular complexity index is 537. The Morgan fingerprint density at radius 2 is 2.19 bits per heavy atom. The van der Waals surface area contributed by atoms with E-state index in [0.717, 1.165) is 17.4 Å². The van der Waals surface area contributed by atoms with Crippen LogP contribution in [-0.2, 0) is 6.54 Å². The fourth-order valence-corrected chi connectivity index (χ4v) is 1.79. The third kappa shape index (κ3) is 1.95. The van der Waals surface area contributed by atoms with E-state index in [-0.39, 0.29) is 0 Å². The number of primary amides is 1. The molecule has 0 radical (unpaired) electrons. The second-order valence-corrected chi connectivity index (χ2v) is 3.56. The zero-order valence-corrected chi connectivity index (χ0v) is 9.10. The number of nitrogens with one attached hydrogen (secondary N) is 1. The largest absolute Gasteiger partial charge is 0.351 e. The van der Waals surface area contributed by atoms with Crippen molar-refractivity contribution in [2.75, 3.05) is 5.32 Å². The van der Waals surface area contributed by atoms with Crippen molar-refractivity contribution in [2.24, 2.45) is 5.73 Å². The molecule has 4 nitrogen and oxygen atoms in total. The third-order valence-corrected chi connectivity index (χ3v) is 2.46. The van der Waals surface area contributed by atoms with Crippen LogP contribution in [0.2, 0.25) is 0 Å². The molecule has 1 aromatic heterocycles. The highest BCUT2D eigenvalue weighted by atomic mass is 16.2. The minimum Gasteiger partial charge on any atom is -0.351 e. The Labute approximate surface area is 93.7 Å². The van der Waals surface area contributed by atoms with Crippen molar-refractivity contribution in [3.63, 3.8) is 0 Å². The number of benzene rings is 1. The van der Waals surface area contributed by atoms with Crippen molar-refractivity contribution in [1.29, 1.82) is 0 Å². The van der Waals surface area contributed by atoms with E-state index in [4.69, 9.17) is 5.73 Å². The molecular formula is C12H14N3O+. The van der Waals surface area contributed by atoms with Gasteiger partial charge in [0.1, 0.15) is 12.2 Å². The monoisotopic (exact) mass is 216 g/mol. The summed E-state index contributed by atoms with van der Waals surface area (Å²) in [4.78, 5) is 10.8. The Morgan fingerprint density at radius 3 is 2.88 bits per heavy atom. The molecule has 0 saturated carbocycles. The van der Waals surface area contributed by atoms with Crippen molar-refractivity contribution in [3.05, 3.63) is 36.5 Å². The molecule has 0 atom stereocenters. The highest BCUT2D eigenvalue weighted by molar-refractivity contribution is 5.89. The summed E-state index contributed by atoms with van der Waals surface area (Å²) in [5, 5.41) is 3.67. The normalized spacial score (nSPS) is 10.3. The first-order valence-electron chi connectivity index (χ1n) is 5.19. The van der Waals surface area contributed by atoms with E-state index in [0.29, 0.717) is 5.69 Å². The molecule has 0 unspecified atom stereocenters. The van der Waals surface area contributed by atoms with Crippen LogP contribution in [0.3, 0.4) is 0 Å². The van der Waals surface area contributed by atoms with Gasteiger partial charge in [-0.1, -0.05) is 12.1 Å². The van der Waals surface area contributed by atoms with Crippen molar-refractivity contribution < 1.29 is 9.36 Å². The lowest BCUT2D eigenvalue weighted by Crippen LogP contribution is -2.34. The predicted octanol–water partition coefficient (Wildman–Crippen LogP) is 1.64. The summed E-state index contributed by atoms with van der Waals surface area (Å²) < 4.78 is 2.07. The number of carbonyl (C=O) groups excluding carboxylic acids is 1. The lowest BCUT2D eigenvalue weighted by molar-refractivity contribution is -0.667. The predicted molar refractivity (Wildman–Crippen MR) is 63.0 cm³/mol. The van der Waals surface area contributed by atoms with E-state index in [9.17, 15) is 4.79 Å². The van der Waals surface area contributed by atoms with Gasteiger partial charge in [-0.05, 0) is 19.1 Å². The summed E-state index contributed by atoms with van der Waals surface area (Å²) in [6.45, 7) is 2.90. The number of aryl methyl sites for hydroxylation is 1. The van der Waals surface area contributed by atoms with Crippen LogP contribution in [0.25, 0.3) is 10.9 Å². The Hall–Kier alpha value is -2.10. The van der Waals surface area contributed by atoms with Crippen LogP contribution in [0, 0.1) is 0 Å². The van der Waals surface area contributed by atoms with Crippen molar-refractivity contribution in [2.45, 2.75) is 13.5 Å². The molecule has 0 aliphatic carbocycles. The molecule has 0 saturated heterocycles. The number of amides is 2. The molecule has 2 rings (SSSR count). The molecule has 0 aliphatic rings. The fourth-order valence-electron chi connectivity index (χ4n) is 1.79. The molecule has 1 heterocycles. The highest BCUT2D eigenvalue weighted by Gasteiger charge is 2.09. The number of urea groups is 1. The number of fused-ring (bicyclic) bond motifs is 1. The van der Waals surface area contributed by atoms with Crippen LogP contribution in [-0.4, -0.2) is 6.03 Å². The first-order chi connectivity index (χ1) is 7.70. The van der Waals surface area contributed by atoms with Crippen LogP contribution < -0.4 is 15.6 Å². The van der Waals surface area contributed by atoms with E-state index in [1.165, 1.54) is 0 Å². The van der Waals surface area contributed by atoms with E-state index in [1.54, 1.807) is 0 Å². The lowest BCUT2D eigenvalue weighted by atomic mass is 10.2. The Kier molecular flexibility index (Phi) is 2.72. The minimum absolute atomic E-state index is 0.544. The topological polar surface area (TPSA) is 59.0 Å². The number of pyridine rings is 1. The molecule has 82 valence electrons. The molecule has 3 N–H and O–H groups in total. The maximum Gasteiger partial charge on any atom is 0.316 e. The minimum atomic E-state index is -0.544. The fraction of sp³-hybridized carbons (Fsp3) is 0.167. The van der Waals surface area contributed by atoms with Gasteiger partial charge in [0.05, 0.1) is 0 Å². The van der Waals surface area contributed by atoms with Gasteiger partial charge < -0.3 is 11.1 Å². The average Bonchev–Trinajstić information content (AvgIpc) is 2.27. The van der Waals surface area contributed by atoms with Crippen LogP contribution in [0.5, 0.6) is 0 Å². The van der Waals surface area contributed by atoms with Crippen molar-refractivity contribution >= 4 is 22.6 Å². The number of anilines is 1. The summed E-state index contributed by atoms with van der Waals surface area (Å²) in [7, 11) is 0. The Morgan fingerprint density at radius 1 is 1.44 bits per heavy atom. The number of carbonyl (C=O) groups is 1. The molecule has 2 aromatic rings. The number of nitrogens with two attached hydrogens (primary N) is 1. The van der Waals surface area contributed by atoms with Crippen molar-refractivity contribution in [3.8, 4) is 0 Å². The highest BCUT2D eigenvalue weighted by Crippen LogP contribution is 2.14. The first kappa shape index (κ1) is 10.4. The quantitative estimate of drug-likeness (QED) is 0.736. The standard InChI is InChI=1S/C12H13N3O/c1-2-15-8-10(14-12(13)16)7-9-5-3-4-6-11(9)15/h3-8H,2H2,1H3,(H2-,13,14,16)/p+1. The molecule has 4 heteroatoms. The zero-order chi connectivity index (χ0) is 11.5. The average molecular weight is 216 g/mol. The number of para-hydroxylation sites is 1. The number of aromatic nitrogens is 1. The maximum atomic E-state index is 10.8. The van der Waals surface area contributed by atoms with Gasteiger partial charge in [0.25, 0.3) is 0 Å². The van der Waals surface area contributed by atoms with Crippen LogP contribution >= 0.6 is 0 Å². The molecule has 0 fully saturated rings. The van der Waals surface area contributed by atoms with Crippen LogP contribution in [0.1, 0.15) is 6.92 Å². The van der Waals surface area contributed by atoms with Gasteiger partial charge in [0, 0.05) is 11.5 Å². The summed E-state index contributed by atoms with van der Waals surface area (Å²) in [5.41, 5.74) is 6.96. The first-order valence-corrected chi connectivity index (χ1v) is 5.19. The summed E-state index contributed by atoms with van der Waals surface area (Å²) in [5.74, 6) is 0. The summed E-state index contributed by atoms with van der Waals surface area (Å²) in [6.07, 6.45) is 1.88. The molecule has 16 heavy (non-hydrogen) atoms. The van der Waals surface area contributed by atoms with Gasteiger partial charge in [-0.3, -0.25) is 0 Å². The molecule has 0 bridgehead atoms. The van der Waals surface area contributed by atoms with E-state index in [2.05, 4.69) is 16.8 Å². The smallest absolute Gasteiger partial charge is 0.316 e. The van der Waals surface area contributed by atoms with Gasteiger partial charge in [0.2, 0.25) is 5.52 Å². The number of hydrogen-bond acceptors (Lipinski definition) is 1. The Balaban J connectivity index is 2.58. The van der Waals surface area contributed by atoms with E-state index < -0.39 is 6.03 Å². The summed E-state index contributed by atoms with van der Waals surface area (Å²) >= 11 is 0. The van der Waals surface area contributed by atoms with Crippen LogP contribution in [0.15, 0.2) is 36.5 Å². The van der Waals surface area contributed by atoms with Gasteiger partial charge >= 0.3 is 6.03 Å². The van der Waals surface area contributed by atoms with Gasteiger partial charge in [0.15, 0.2) is 6.20 Å². The number of nitrogens with zero attached hydrogens (tertiary/aromatic N) is 1. The lowest BCUT2D eigenvalue weighted by Gasteiger charge is -2.03. The zero-order valence-electron chi connectivity index (χ0n) is 9.10. The molecule has 0 aliphatic heterocycles. The SMILES string of the molecule is CC[n+]1cc(NC(N)=O)cc2ccccc21. The maximum absolute atomic E-state index is 10.8. The second kappa shape index (κ2) is 4.18. The van der Waals surface area contributed by atoms with Crippen molar-refractivity contribution in [1.82, 2.24) is 0 Å². The molecule has 1 aromatic carbocycles. The third-order valence-electron chi connectivity index (χ3n) is 2.46. The van der Waals surface area contributed by atoms with Gasteiger partial charge in [-0.2, -0.15) is 4.57 Å². The molecular weight excluding hydrogens is 202 g/mol.